The predicted molar refractivity (Wildman–Crippen MR) is 88.3 cm³/mol. The van der Waals surface area contributed by atoms with Crippen molar-refractivity contribution in [1.29, 1.82) is 0 Å². The predicted octanol–water partition coefficient (Wildman–Crippen LogP) is 2.09. The van der Waals surface area contributed by atoms with Crippen molar-refractivity contribution >= 4 is 17.3 Å². The number of nitrogens with one attached hydrogen (secondary N) is 1. The van der Waals surface area contributed by atoms with Crippen LogP contribution in [0.5, 0.6) is 0 Å². The van der Waals surface area contributed by atoms with E-state index in [0.717, 1.165) is 37.6 Å². The Balaban J connectivity index is 1.72. The van der Waals surface area contributed by atoms with Crippen molar-refractivity contribution in [3.63, 3.8) is 0 Å². The summed E-state index contributed by atoms with van der Waals surface area (Å²) in [5.74, 6) is -0.179. The summed E-state index contributed by atoms with van der Waals surface area (Å²) in [4.78, 5) is 21.1. The van der Waals surface area contributed by atoms with Crippen molar-refractivity contribution in [3.05, 3.63) is 54.4 Å². The number of benzene rings is 1. The molecule has 0 radical (unpaired) electrons. The minimum absolute atomic E-state index is 0.179. The van der Waals surface area contributed by atoms with Crippen LogP contribution in [-0.4, -0.2) is 49.0 Å². The number of aromatic nitrogens is 1. The van der Waals surface area contributed by atoms with Crippen LogP contribution < -0.4 is 10.2 Å². The number of amides is 1. The van der Waals surface area contributed by atoms with Gasteiger partial charge in [0, 0.05) is 43.8 Å². The molecule has 1 aliphatic rings. The van der Waals surface area contributed by atoms with Crippen molar-refractivity contribution in [3.8, 4) is 0 Å². The molecule has 1 aromatic heterocycles. The molecule has 0 unspecified atom stereocenters. The highest BCUT2D eigenvalue weighted by atomic mass is 16.1. The van der Waals surface area contributed by atoms with Gasteiger partial charge in [0.15, 0.2) is 0 Å². The Morgan fingerprint density at radius 2 is 1.82 bits per heavy atom. The first-order valence-electron chi connectivity index (χ1n) is 7.48. The van der Waals surface area contributed by atoms with E-state index in [1.54, 1.807) is 6.20 Å². The van der Waals surface area contributed by atoms with Crippen LogP contribution in [-0.2, 0) is 0 Å². The summed E-state index contributed by atoms with van der Waals surface area (Å²) in [5, 5.41) is 2.87. The van der Waals surface area contributed by atoms with Gasteiger partial charge in [-0.05, 0) is 31.3 Å². The summed E-state index contributed by atoms with van der Waals surface area (Å²) < 4.78 is 0. The molecule has 22 heavy (non-hydrogen) atoms. The fraction of sp³-hybridized carbons (Fsp3) is 0.294. The van der Waals surface area contributed by atoms with Crippen LogP contribution in [0.25, 0.3) is 0 Å². The summed E-state index contributed by atoms with van der Waals surface area (Å²) in [6.45, 7) is 4.02. The lowest BCUT2D eigenvalue weighted by molar-refractivity contribution is 0.102. The molecule has 1 N–H and O–H groups in total. The number of carbonyl (C=O) groups excluding carboxylic acids is 1. The first-order valence-corrected chi connectivity index (χ1v) is 7.48. The number of para-hydroxylation sites is 1. The third-order valence-electron chi connectivity index (χ3n) is 3.88. The molecule has 3 rings (SSSR count). The quantitative estimate of drug-likeness (QED) is 0.942. The highest BCUT2D eigenvalue weighted by Crippen LogP contribution is 2.17. The lowest BCUT2D eigenvalue weighted by Crippen LogP contribution is -2.44. The SMILES string of the molecule is CN1CCN(c2ccnc(C(=O)Nc3ccccc3)c2)CC1. The molecule has 0 atom stereocenters. The molecule has 1 amide bonds. The standard InChI is InChI=1S/C17H20N4O/c1-20-9-11-21(12-10-20)15-7-8-18-16(13-15)17(22)19-14-5-3-2-4-6-14/h2-8,13H,9-12H2,1H3,(H,19,22). The Kier molecular flexibility index (Phi) is 4.34. The molecule has 1 aliphatic heterocycles. The molecule has 1 fully saturated rings. The molecule has 1 aromatic carbocycles. The second-order valence-electron chi connectivity index (χ2n) is 5.51. The summed E-state index contributed by atoms with van der Waals surface area (Å²) in [6.07, 6.45) is 1.70. The molecular weight excluding hydrogens is 276 g/mol. The van der Waals surface area contributed by atoms with Crippen LogP contribution in [0.15, 0.2) is 48.7 Å². The highest BCUT2D eigenvalue weighted by Gasteiger charge is 2.16. The lowest BCUT2D eigenvalue weighted by Gasteiger charge is -2.34. The first kappa shape index (κ1) is 14.5. The van der Waals surface area contributed by atoms with E-state index < -0.39 is 0 Å². The number of anilines is 2. The zero-order valence-corrected chi connectivity index (χ0v) is 12.7. The average molecular weight is 296 g/mol. The van der Waals surface area contributed by atoms with Crippen molar-refractivity contribution < 1.29 is 4.79 Å². The first-order chi connectivity index (χ1) is 10.7. The molecule has 0 bridgehead atoms. The number of rotatable bonds is 3. The van der Waals surface area contributed by atoms with Gasteiger partial charge in [-0.25, -0.2) is 0 Å². The number of carbonyl (C=O) groups is 1. The number of likely N-dealkylation sites (N-methyl/N-ethyl adjacent to an activating group) is 1. The van der Waals surface area contributed by atoms with Crippen molar-refractivity contribution in [1.82, 2.24) is 9.88 Å². The van der Waals surface area contributed by atoms with Gasteiger partial charge in [-0.1, -0.05) is 18.2 Å². The summed E-state index contributed by atoms with van der Waals surface area (Å²) >= 11 is 0. The van der Waals surface area contributed by atoms with Crippen LogP contribution in [0, 0.1) is 0 Å². The zero-order valence-electron chi connectivity index (χ0n) is 12.7. The topological polar surface area (TPSA) is 48.5 Å². The van der Waals surface area contributed by atoms with Crippen LogP contribution in [0.4, 0.5) is 11.4 Å². The number of piperazine rings is 1. The maximum atomic E-state index is 12.3. The van der Waals surface area contributed by atoms with Crippen molar-refractivity contribution in [2.45, 2.75) is 0 Å². The fourth-order valence-electron chi connectivity index (χ4n) is 2.52. The van der Waals surface area contributed by atoms with E-state index in [1.165, 1.54) is 0 Å². The Hall–Kier alpha value is -2.40. The summed E-state index contributed by atoms with van der Waals surface area (Å²) in [5.41, 5.74) is 2.28. The van der Waals surface area contributed by atoms with Gasteiger partial charge in [-0.15, -0.1) is 0 Å². The molecule has 2 heterocycles. The Labute approximate surface area is 130 Å². The summed E-state index contributed by atoms with van der Waals surface area (Å²) in [6, 6.07) is 13.3. The maximum Gasteiger partial charge on any atom is 0.274 e. The number of hydrogen-bond donors (Lipinski definition) is 1. The Bertz CT molecular complexity index is 636. The van der Waals surface area contributed by atoms with Gasteiger partial charge >= 0.3 is 0 Å². The molecule has 114 valence electrons. The Morgan fingerprint density at radius 1 is 1.09 bits per heavy atom. The Morgan fingerprint density at radius 3 is 2.55 bits per heavy atom. The van der Waals surface area contributed by atoms with Gasteiger partial charge in [0.25, 0.3) is 5.91 Å². The monoisotopic (exact) mass is 296 g/mol. The number of nitrogens with zero attached hydrogens (tertiary/aromatic N) is 3. The minimum atomic E-state index is -0.179. The van der Waals surface area contributed by atoms with Gasteiger partial charge < -0.3 is 15.1 Å². The van der Waals surface area contributed by atoms with E-state index >= 15 is 0 Å². The lowest BCUT2D eigenvalue weighted by atomic mass is 10.2. The maximum absolute atomic E-state index is 12.3. The minimum Gasteiger partial charge on any atom is -0.369 e. The van der Waals surface area contributed by atoms with Gasteiger partial charge in [0.2, 0.25) is 0 Å². The molecule has 1 saturated heterocycles. The van der Waals surface area contributed by atoms with Gasteiger partial charge in [-0.3, -0.25) is 9.78 Å². The third kappa shape index (κ3) is 3.43. The second kappa shape index (κ2) is 6.58. The van der Waals surface area contributed by atoms with Gasteiger partial charge in [-0.2, -0.15) is 0 Å². The van der Waals surface area contributed by atoms with Crippen LogP contribution in [0.1, 0.15) is 10.5 Å². The molecule has 0 aliphatic carbocycles. The van der Waals surface area contributed by atoms with Crippen LogP contribution >= 0.6 is 0 Å². The van der Waals surface area contributed by atoms with Crippen LogP contribution in [0.3, 0.4) is 0 Å². The van der Waals surface area contributed by atoms with E-state index in [2.05, 4.69) is 27.1 Å². The van der Waals surface area contributed by atoms with E-state index in [1.807, 2.05) is 42.5 Å². The van der Waals surface area contributed by atoms with E-state index in [-0.39, 0.29) is 5.91 Å². The summed E-state index contributed by atoms with van der Waals surface area (Å²) in [7, 11) is 2.13. The molecule has 2 aromatic rings. The average Bonchev–Trinajstić information content (AvgIpc) is 2.56. The zero-order chi connectivity index (χ0) is 15.4. The van der Waals surface area contributed by atoms with E-state index in [0.29, 0.717) is 5.69 Å². The molecule has 5 nitrogen and oxygen atoms in total. The van der Waals surface area contributed by atoms with Gasteiger partial charge in [0.05, 0.1) is 0 Å². The molecule has 0 saturated carbocycles. The van der Waals surface area contributed by atoms with Crippen LogP contribution in [0.2, 0.25) is 0 Å². The largest absolute Gasteiger partial charge is 0.369 e. The normalized spacial score (nSPS) is 15.6. The van der Waals surface area contributed by atoms with Gasteiger partial charge in [0.1, 0.15) is 5.69 Å². The van der Waals surface area contributed by atoms with E-state index in [4.69, 9.17) is 0 Å². The second-order valence-corrected chi connectivity index (χ2v) is 5.51. The van der Waals surface area contributed by atoms with Crippen molar-refractivity contribution in [2.24, 2.45) is 0 Å². The molecular formula is C17H20N4O. The smallest absolute Gasteiger partial charge is 0.274 e. The van der Waals surface area contributed by atoms with Crippen molar-refractivity contribution in [2.75, 3.05) is 43.4 Å². The fourth-order valence-corrected chi connectivity index (χ4v) is 2.52. The molecule has 5 heteroatoms. The van der Waals surface area contributed by atoms with E-state index in [9.17, 15) is 4.79 Å². The number of pyridine rings is 1. The highest BCUT2D eigenvalue weighted by molar-refractivity contribution is 6.03. The number of hydrogen-bond acceptors (Lipinski definition) is 4. The third-order valence-corrected chi connectivity index (χ3v) is 3.88. The molecule has 0 spiro atoms.